The SMILES string of the molecule is CC1(C)CCc2c(C(=O)OCc3ccc(Cl)cc3)c(O)c3ccccc3c2O1. The molecule has 4 rings (SSSR count). The Morgan fingerprint density at radius 1 is 1.14 bits per heavy atom. The second-order valence-electron chi connectivity index (χ2n) is 7.64. The highest BCUT2D eigenvalue weighted by atomic mass is 35.5. The zero-order valence-electron chi connectivity index (χ0n) is 15.8. The summed E-state index contributed by atoms with van der Waals surface area (Å²) < 4.78 is 11.7. The highest BCUT2D eigenvalue weighted by Crippen LogP contribution is 2.45. The van der Waals surface area contributed by atoms with Gasteiger partial charge in [0.05, 0.1) is 0 Å². The largest absolute Gasteiger partial charge is 0.506 e. The van der Waals surface area contributed by atoms with E-state index in [4.69, 9.17) is 21.1 Å². The Morgan fingerprint density at radius 2 is 1.82 bits per heavy atom. The molecule has 3 aromatic carbocycles. The third-order valence-corrected chi connectivity index (χ3v) is 5.33. The number of phenolic OH excluding ortho intramolecular Hbond substituents is 1. The van der Waals surface area contributed by atoms with Crippen molar-refractivity contribution < 1.29 is 19.4 Å². The minimum atomic E-state index is -0.558. The maximum Gasteiger partial charge on any atom is 0.342 e. The van der Waals surface area contributed by atoms with E-state index in [1.165, 1.54) is 0 Å². The summed E-state index contributed by atoms with van der Waals surface area (Å²) in [6.45, 7) is 4.15. The van der Waals surface area contributed by atoms with Gasteiger partial charge in [-0.2, -0.15) is 0 Å². The van der Waals surface area contributed by atoms with Gasteiger partial charge in [0.15, 0.2) is 0 Å². The average Bonchev–Trinajstić information content (AvgIpc) is 2.68. The van der Waals surface area contributed by atoms with E-state index >= 15 is 0 Å². The van der Waals surface area contributed by atoms with Crippen LogP contribution in [0.15, 0.2) is 48.5 Å². The topological polar surface area (TPSA) is 55.8 Å². The third kappa shape index (κ3) is 3.40. The molecule has 28 heavy (non-hydrogen) atoms. The predicted octanol–water partition coefficient (Wildman–Crippen LogP) is 5.66. The number of hydrogen-bond donors (Lipinski definition) is 1. The molecule has 4 nitrogen and oxygen atoms in total. The first-order valence-electron chi connectivity index (χ1n) is 9.23. The smallest absolute Gasteiger partial charge is 0.342 e. The van der Waals surface area contributed by atoms with E-state index in [1.807, 2.05) is 32.0 Å². The molecule has 1 aliphatic heterocycles. The van der Waals surface area contributed by atoms with Crippen LogP contribution >= 0.6 is 11.6 Å². The van der Waals surface area contributed by atoms with E-state index in [9.17, 15) is 9.90 Å². The molecular weight excluding hydrogens is 376 g/mol. The molecule has 5 heteroatoms. The number of fused-ring (bicyclic) bond motifs is 3. The van der Waals surface area contributed by atoms with Gasteiger partial charge in [0, 0.05) is 21.4 Å². The van der Waals surface area contributed by atoms with Crippen LogP contribution in [0.1, 0.15) is 41.8 Å². The fraction of sp³-hybridized carbons (Fsp3) is 0.261. The van der Waals surface area contributed by atoms with Crippen molar-refractivity contribution in [1.29, 1.82) is 0 Å². The Labute approximate surface area is 168 Å². The number of esters is 1. The van der Waals surface area contributed by atoms with Crippen LogP contribution < -0.4 is 4.74 Å². The van der Waals surface area contributed by atoms with Crippen molar-refractivity contribution in [1.82, 2.24) is 0 Å². The van der Waals surface area contributed by atoms with Gasteiger partial charge in [0.25, 0.3) is 0 Å². The fourth-order valence-electron chi connectivity index (χ4n) is 3.57. The zero-order chi connectivity index (χ0) is 19.9. The quantitative estimate of drug-likeness (QED) is 0.580. The van der Waals surface area contributed by atoms with E-state index in [0.717, 1.165) is 17.4 Å². The highest BCUT2D eigenvalue weighted by Gasteiger charge is 2.34. The number of halogens is 1. The number of hydrogen-bond acceptors (Lipinski definition) is 4. The molecule has 0 spiro atoms. The molecule has 0 aromatic heterocycles. The molecule has 144 valence electrons. The van der Waals surface area contributed by atoms with Gasteiger partial charge in [-0.05, 0) is 44.4 Å². The molecule has 0 unspecified atom stereocenters. The van der Waals surface area contributed by atoms with E-state index in [1.54, 1.807) is 30.3 Å². The number of carbonyl (C=O) groups is 1. The van der Waals surface area contributed by atoms with Crippen LogP contribution in [0.25, 0.3) is 10.8 Å². The summed E-state index contributed by atoms with van der Waals surface area (Å²) in [5.41, 5.74) is 1.39. The first-order chi connectivity index (χ1) is 13.4. The van der Waals surface area contributed by atoms with Crippen LogP contribution in [0.5, 0.6) is 11.5 Å². The standard InChI is InChI=1S/C23H21ClO4/c1-23(2)12-11-18-19(22(26)27-13-14-7-9-15(24)10-8-14)20(25)16-5-3-4-6-17(16)21(18)28-23/h3-10,25H,11-13H2,1-2H3. The molecule has 0 atom stereocenters. The van der Waals surface area contributed by atoms with E-state index in [0.29, 0.717) is 28.1 Å². The van der Waals surface area contributed by atoms with Crippen molar-refractivity contribution in [3.05, 3.63) is 70.2 Å². The minimum absolute atomic E-state index is 0.0567. The van der Waals surface area contributed by atoms with Gasteiger partial charge < -0.3 is 14.6 Å². The first kappa shape index (κ1) is 18.6. The Balaban J connectivity index is 1.75. The van der Waals surface area contributed by atoms with Crippen LogP contribution in [-0.2, 0) is 17.8 Å². The maximum absolute atomic E-state index is 12.9. The summed E-state index contributed by atoms with van der Waals surface area (Å²) in [5, 5.41) is 12.9. The number of aromatic hydroxyl groups is 1. The molecule has 1 heterocycles. The van der Waals surface area contributed by atoms with Crippen molar-refractivity contribution in [3.8, 4) is 11.5 Å². The van der Waals surface area contributed by atoms with E-state index in [-0.39, 0.29) is 23.5 Å². The molecule has 0 aliphatic carbocycles. The molecule has 1 aliphatic rings. The summed E-state index contributed by atoms with van der Waals surface area (Å²) in [4.78, 5) is 12.9. The zero-order valence-corrected chi connectivity index (χ0v) is 16.5. The lowest BCUT2D eigenvalue weighted by Crippen LogP contribution is -2.33. The average molecular weight is 397 g/mol. The van der Waals surface area contributed by atoms with E-state index < -0.39 is 5.97 Å². The monoisotopic (exact) mass is 396 g/mol. The molecule has 1 N–H and O–H groups in total. The summed E-state index contributed by atoms with van der Waals surface area (Å²) in [6.07, 6.45) is 1.38. The summed E-state index contributed by atoms with van der Waals surface area (Å²) in [7, 11) is 0. The second kappa shape index (κ2) is 7.02. The van der Waals surface area contributed by atoms with Crippen molar-refractivity contribution in [2.24, 2.45) is 0 Å². The molecule has 0 saturated carbocycles. The van der Waals surface area contributed by atoms with Crippen LogP contribution in [0.3, 0.4) is 0 Å². The summed E-state index contributed by atoms with van der Waals surface area (Å²) >= 11 is 5.89. The molecular formula is C23H21ClO4. The van der Waals surface area contributed by atoms with Crippen molar-refractivity contribution in [2.45, 2.75) is 38.9 Å². The van der Waals surface area contributed by atoms with Crippen molar-refractivity contribution in [2.75, 3.05) is 0 Å². The minimum Gasteiger partial charge on any atom is -0.506 e. The normalized spacial score (nSPS) is 15.0. The lowest BCUT2D eigenvalue weighted by molar-refractivity contribution is 0.0459. The van der Waals surface area contributed by atoms with Crippen molar-refractivity contribution in [3.63, 3.8) is 0 Å². The molecule has 0 bridgehead atoms. The molecule has 0 radical (unpaired) electrons. The number of carbonyl (C=O) groups excluding carboxylic acids is 1. The number of ether oxygens (including phenoxy) is 2. The molecule has 3 aromatic rings. The number of benzene rings is 3. The summed E-state index contributed by atoms with van der Waals surface area (Å²) in [5.74, 6) is 0.0413. The Hall–Kier alpha value is -2.72. The van der Waals surface area contributed by atoms with E-state index in [2.05, 4.69) is 0 Å². The number of phenols is 1. The Kier molecular flexibility index (Phi) is 4.68. The van der Waals surface area contributed by atoms with Crippen LogP contribution in [0, 0.1) is 0 Å². The number of rotatable bonds is 3. The lowest BCUT2D eigenvalue weighted by atomic mass is 9.88. The van der Waals surface area contributed by atoms with Crippen LogP contribution in [0.2, 0.25) is 5.02 Å². The Bertz CT molecular complexity index is 1050. The van der Waals surface area contributed by atoms with Crippen LogP contribution in [-0.4, -0.2) is 16.7 Å². The van der Waals surface area contributed by atoms with Crippen LogP contribution in [0.4, 0.5) is 0 Å². The fourth-order valence-corrected chi connectivity index (χ4v) is 3.70. The highest BCUT2D eigenvalue weighted by molar-refractivity contribution is 6.30. The lowest BCUT2D eigenvalue weighted by Gasteiger charge is -2.34. The summed E-state index contributed by atoms with van der Waals surface area (Å²) in [6, 6.07) is 14.5. The van der Waals surface area contributed by atoms with Gasteiger partial charge in [-0.3, -0.25) is 0 Å². The maximum atomic E-state index is 12.9. The van der Waals surface area contributed by atoms with Gasteiger partial charge in [0.2, 0.25) is 0 Å². The molecule has 0 amide bonds. The Morgan fingerprint density at radius 3 is 2.54 bits per heavy atom. The predicted molar refractivity (Wildman–Crippen MR) is 109 cm³/mol. The van der Waals surface area contributed by atoms with Gasteiger partial charge in [-0.15, -0.1) is 0 Å². The van der Waals surface area contributed by atoms with Gasteiger partial charge in [-0.1, -0.05) is 48.0 Å². The van der Waals surface area contributed by atoms with Gasteiger partial charge in [0.1, 0.15) is 29.3 Å². The van der Waals surface area contributed by atoms with Crippen molar-refractivity contribution >= 4 is 28.3 Å². The molecule has 0 fully saturated rings. The molecule has 0 saturated heterocycles. The first-order valence-corrected chi connectivity index (χ1v) is 9.61. The van der Waals surface area contributed by atoms with Gasteiger partial charge >= 0.3 is 5.97 Å². The second-order valence-corrected chi connectivity index (χ2v) is 8.08. The third-order valence-electron chi connectivity index (χ3n) is 5.08. The van der Waals surface area contributed by atoms with Gasteiger partial charge in [-0.25, -0.2) is 4.79 Å².